The minimum absolute atomic E-state index is 0.180. The number of rotatable bonds is 5. The number of hydrogen-bond donors (Lipinski definition) is 2. The summed E-state index contributed by atoms with van der Waals surface area (Å²) in [4.78, 5) is 22.8. The van der Waals surface area contributed by atoms with Crippen molar-refractivity contribution in [2.45, 2.75) is 51.2 Å². The molecule has 122 valence electrons. The van der Waals surface area contributed by atoms with Crippen molar-refractivity contribution in [3.8, 4) is 0 Å². The number of aliphatic carboxylic acids is 1. The monoisotopic (exact) mass is 310 g/mol. The predicted octanol–water partition coefficient (Wildman–Crippen LogP) is 2.61. The lowest BCUT2D eigenvalue weighted by Crippen LogP contribution is -2.50. The van der Waals surface area contributed by atoms with Crippen molar-refractivity contribution in [2.24, 2.45) is 5.92 Å². The molecule has 2 amide bonds. The summed E-state index contributed by atoms with van der Waals surface area (Å²) >= 11 is 0. The van der Waals surface area contributed by atoms with Gasteiger partial charge >= 0.3 is 18.2 Å². The van der Waals surface area contributed by atoms with Crippen LogP contribution < -0.4 is 5.32 Å². The van der Waals surface area contributed by atoms with Crippen molar-refractivity contribution < 1.29 is 27.9 Å². The van der Waals surface area contributed by atoms with E-state index in [1.54, 1.807) is 0 Å². The Labute approximate surface area is 121 Å². The minimum Gasteiger partial charge on any atom is -0.480 e. The number of halogens is 3. The molecule has 0 aliphatic heterocycles. The van der Waals surface area contributed by atoms with Gasteiger partial charge in [0.1, 0.15) is 13.1 Å². The Bertz CT molecular complexity index is 374. The Morgan fingerprint density at radius 2 is 2.00 bits per heavy atom. The first-order valence-electron chi connectivity index (χ1n) is 7.05. The van der Waals surface area contributed by atoms with Crippen LogP contribution in [0.2, 0.25) is 0 Å². The van der Waals surface area contributed by atoms with Crippen LogP contribution in [-0.4, -0.2) is 47.3 Å². The second-order valence-electron chi connectivity index (χ2n) is 5.45. The van der Waals surface area contributed by atoms with E-state index in [-0.39, 0.29) is 10.9 Å². The van der Waals surface area contributed by atoms with Crippen molar-refractivity contribution >= 4 is 12.0 Å². The van der Waals surface area contributed by atoms with Gasteiger partial charge in [-0.05, 0) is 18.8 Å². The number of urea groups is 1. The summed E-state index contributed by atoms with van der Waals surface area (Å²) in [5.74, 6) is -1.01. The van der Waals surface area contributed by atoms with Gasteiger partial charge in [0.2, 0.25) is 0 Å². The van der Waals surface area contributed by atoms with E-state index < -0.39 is 31.3 Å². The molecular weight excluding hydrogens is 289 g/mol. The number of nitrogens with zero attached hydrogens (tertiary/aromatic N) is 1. The molecule has 0 radical (unpaired) electrons. The number of carboxylic acids is 1. The highest BCUT2D eigenvalue weighted by Gasteiger charge is 2.35. The topological polar surface area (TPSA) is 69.6 Å². The molecule has 0 spiro atoms. The maximum Gasteiger partial charge on any atom is 0.406 e. The van der Waals surface area contributed by atoms with E-state index in [0.29, 0.717) is 5.92 Å². The van der Waals surface area contributed by atoms with Crippen LogP contribution >= 0.6 is 0 Å². The molecule has 21 heavy (non-hydrogen) atoms. The molecule has 0 heterocycles. The lowest BCUT2D eigenvalue weighted by molar-refractivity contribution is -0.149. The zero-order chi connectivity index (χ0) is 16.0. The average Bonchev–Trinajstić information content (AvgIpc) is 2.36. The SMILES string of the molecule is CCC1CCCC(NC(=O)N(CC(=O)O)CC(F)(F)F)C1. The normalized spacial score (nSPS) is 22.7. The summed E-state index contributed by atoms with van der Waals surface area (Å²) in [5, 5.41) is 11.2. The summed E-state index contributed by atoms with van der Waals surface area (Å²) in [6.45, 7) is -0.487. The maximum absolute atomic E-state index is 12.4. The Morgan fingerprint density at radius 1 is 1.33 bits per heavy atom. The van der Waals surface area contributed by atoms with E-state index >= 15 is 0 Å². The number of nitrogens with one attached hydrogen (secondary N) is 1. The molecule has 1 aliphatic carbocycles. The van der Waals surface area contributed by atoms with Gasteiger partial charge in [-0.2, -0.15) is 13.2 Å². The van der Waals surface area contributed by atoms with Gasteiger partial charge < -0.3 is 15.3 Å². The Hall–Kier alpha value is -1.47. The summed E-state index contributed by atoms with van der Waals surface area (Å²) < 4.78 is 37.2. The number of carbonyl (C=O) groups excluding carboxylic acids is 1. The van der Waals surface area contributed by atoms with Gasteiger partial charge in [0.05, 0.1) is 0 Å². The standard InChI is InChI=1S/C13H21F3N2O3/c1-2-9-4-3-5-10(6-9)17-12(21)18(7-11(19)20)8-13(14,15)16/h9-10H,2-8H2,1H3,(H,17,21)(H,19,20). The third kappa shape index (κ3) is 6.68. The molecule has 1 fully saturated rings. The maximum atomic E-state index is 12.4. The first-order chi connectivity index (χ1) is 9.71. The largest absolute Gasteiger partial charge is 0.480 e. The Morgan fingerprint density at radius 3 is 2.52 bits per heavy atom. The van der Waals surface area contributed by atoms with Crippen LogP contribution in [0.4, 0.5) is 18.0 Å². The van der Waals surface area contributed by atoms with Crippen molar-refractivity contribution in [1.82, 2.24) is 10.2 Å². The van der Waals surface area contributed by atoms with Gasteiger partial charge in [0, 0.05) is 6.04 Å². The molecule has 2 unspecified atom stereocenters. The molecule has 1 rings (SSSR count). The third-order valence-corrected chi connectivity index (χ3v) is 3.67. The van der Waals surface area contributed by atoms with Crippen LogP contribution in [-0.2, 0) is 4.79 Å². The van der Waals surface area contributed by atoms with E-state index in [9.17, 15) is 22.8 Å². The number of carboxylic acid groups (broad SMARTS) is 1. The van der Waals surface area contributed by atoms with E-state index in [2.05, 4.69) is 5.32 Å². The van der Waals surface area contributed by atoms with E-state index in [1.807, 2.05) is 6.92 Å². The lowest BCUT2D eigenvalue weighted by atomic mass is 9.84. The van der Waals surface area contributed by atoms with Crippen molar-refractivity contribution in [2.75, 3.05) is 13.1 Å². The first kappa shape index (κ1) is 17.6. The highest BCUT2D eigenvalue weighted by molar-refractivity contribution is 5.80. The highest BCUT2D eigenvalue weighted by atomic mass is 19.4. The van der Waals surface area contributed by atoms with E-state index in [1.165, 1.54) is 0 Å². The van der Waals surface area contributed by atoms with Crippen molar-refractivity contribution in [3.05, 3.63) is 0 Å². The van der Waals surface area contributed by atoms with Gasteiger partial charge in [-0.15, -0.1) is 0 Å². The fraction of sp³-hybridized carbons (Fsp3) is 0.846. The van der Waals surface area contributed by atoms with E-state index in [0.717, 1.165) is 32.1 Å². The average molecular weight is 310 g/mol. The molecule has 0 aromatic carbocycles. The van der Waals surface area contributed by atoms with Crippen LogP contribution in [0.1, 0.15) is 39.0 Å². The van der Waals surface area contributed by atoms with Crippen LogP contribution in [0.15, 0.2) is 0 Å². The number of carbonyl (C=O) groups is 2. The predicted molar refractivity (Wildman–Crippen MR) is 69.8 cm³/mol. The molecule has 0 saturated heterocycles. The van der Waals surface area contributed by atoms with Gasteiger partial charge in [0.15, 0.2) is 0 Å². The third-order valence-electron chi connectivity index (χ3n) is 3.67. The number of amides is 2. The van der Waals surface area contributed by atoms with E-state index in [4.69, 9.17) is 5.11 Å². The smallest absolute Gasteiger partial charge is 0.406 e. The Balaban J connectivity index is 2.60. The lowest BCUT2D eigenvalue weighted by Gasteiger charge is -2.31. The van der Waals surface area contributed by atoms with Gasteiger partial charge in [0.25, 0.3) is 0 Å². The fourth-order valence-electron chi connectivity index (χ4n) is 2.64. The van der Waals surface area contributed by atoms with Gasteiger partial charge in [-0.25, -0.2) is 4.79 Å². The van der Waals surface area contributed by atoms with Gasteiger partial charge in [-0.1, -0.05) is 26.2 Å². The fourth-order valence-corrected chi connectivity index (χ4v) is 2.64. The Kier molecular flexibility index (Phi) is 6.29. The zero-order valence-corrected chi connectivity index (χ0v) is 11.9. The molecule has 2 N–H and O–H groups in total. The summed E-state index contributed by atoms with van der Waals surface area (Å²) in [5.41, 5.74) is 0. The second-order valence-corrected chi connectivity index (χ2v) is 5.45. The molecule has 0 bridgehead atoms. The summed E-state index contributed by atoms with van der Waals surface area (Å²) in [6, 6.07) is -1.14. The van der Waals surface area contributed by atoms with Crippen molar-refractivity contribution in [1.29, 1.82) is 0 Å². The van der Waals surface area contributed by atoms with Crippen LogP contribution in [0.3, 0.4) is 0 Å². The van der Waals surface area contributed by atoms with Gasteiger partial charge in [-0.3, -0.25) is 4.79 Å². The summed E-state index contributed by atoms with van der Waals surface area (Å²) in [7, 11) is 0. The minimum atomic E-state index is -4.62. The number of alkyl halides is 3. The molecule has 1 saturated carbocycles. The number of hydrogen-bond acceptors (Lipinski definition) is 2. The molecule has 0 aromatic heterocycles. The summed E-state index contributed by atoms with van der Waals surface area (Å²) in [6.07, 6.45) is -0.227. The van der Waals surface area contributed by atoms with Crippen molar-refractivity contribution in [3.63, 3.8) is 0 Å². The second kappa shape index (κ2) is 7.51. The van der Waals surface area contributed by atoms with Crippen LogP contribution in [0.5, 0.6) is 0 Å². The molecule has 2 atom stereocenters. The molecule has 5 nitrogen and oxygen atoms in total. The molecular formula is C13H21F3N2O3. The highest BCUT2D eigenvalue weighted by Crippen LogP contribution is 2.26. The molecule has 0 aromatic rings. The molecule has 1 aliphatic rings. The first-order valence-corrected chi connectivity index (χ1v) is 7.05. The molecule has 8 heteroatoms. The quantitative estimate of drug-likeness (QED) is 0.820. The van der Waals surface area contributed by atoms with Crippen LogP contribution in [0.25, 0.3) is 0 Å². The van der Waals surface area contributed by atoms with Crippen LogP contribution in [0, 0.1) is 5.92 Å². The zero-order valence-electron chi connectivity index (χ0n) is 11.9.